The monoisotopic (exact) mass is 299 g/mol. The Balaban J connectivity index is 2.00. The van der Waals surface area contributed by atoms with Crippen LogP contribution in [0.1, 0.15) is 15.9 Å². The highest BCUT2D eigenvalue weighted by Crippen LogP contribution is 2.23. The summed E-state index contributed by atoms with van der Waals surface area (Å²) in [5.41, 5.74) is 1.65. The van der Waals surface area contributed by atoms with Gasteiger partial charge in [-0.3, -0.25) is 9.78 Å². The molecule has 0 aliphatic heterocycles. The Morgan fingerprint density at radius 2 is 1.86 bits per heavy atom. The van der Waals surface area contributed by atoms with Crippen LogP contribution in [0.3, 0.4) is 0 Å². The van der Waals surface area contributed by atoms with Crippen LogP contribution in [0.2, 0.25) is 5.02 Å². The predicted octanol–water partition coefficient (Wildman–Crippen LogP) is 4.45. The molecule has 0 radical (unpaired) electrons. The van der Waals surface area contributed by atoms with Crippen molar-refractivity contribution in [3.8, 4) is 0 Å². The normalized spacial score (nSPS) is 10.8. The van der Waals surface area contributed by atoms with Crippen molar-refractivity contribution < 1.29 is 9.18 Å². The van der Waals surface area contributed by atoms with Gasteiger partial charge in [0.15, 0.2) is 5.78 Å². The number of hydrogen-bond acceptors (Lipinski definition) is 2. The zero-order chi connectivity index (χ0) is 14.8. The minimum Gasteiger partial charge on any atom is -0.294 e. The first kappa shape index (κ1) is 13.7. The number of ketones is 1. The van der Waals surface area contributed by atoms with Crippen molar-refractivity contribution in [2.75, 3.05) is 0 Å². The molecule has 2 nitrogen and oxygen atoms in total. The summed E-state index contributed by atoms with van der Waals surface area (Å²) in [6.07, 6.45) is 1.69. The summed E-state index contributed by atoms with van der Waals surface area (Å²) >= 11 is 5.90. The third-order valence-electron chi connectivity index (χ3n) is 3.32. The molecule has 0 aliphatic carbocycles. The summed E-state index contributed by atoms with van der Waals surface area (Å²) in [5.74, 6) is -0.648. The first-order chi connectivity index (χ1) is 10.2. The first-order valence-corrected chi connectivity index (χ1v) is 6.84. The van der Waals surface area contributed by atoms with Crippen LogP contribution in [0.15, 0.2) is 54.7 Å². The number of aromatic nitrogens is 1. The van der Waals surface area contributed by atoms with Gasteiger partial charge in [-0.2, -0.15) is 0 Å². The van der Waals surface area contributed by atoms with Gasteiger partial charge in [-0.15, -0.1) is 0 Å². The van der Waals surface area contributed by atoms with Gasteiger partial charge in [0.25, 0.3) is 0 Å². The van der Waals surface area contributed by atoms with Crippen molar-refractivity contribution in [3.05, 3.63) is 76.7 Å². The second kappa shape index (κ2) is 5.62. The van der Waals surface area contributed by atoms with Gasteiger partial charge in [0.05, 0.1) is 10.5 Å². The number of carbonyl (C=O) groups excluding carboxylic acids is 1. The topological polar surface area (TPSA) is 30.0 Å². The van der Waals surface area contributed by atoms with E-state index < -0.39 is 5.82 Å². The van der Waals surface area contributed by atoms with Crippen LogP contribution in [0.4, 0.5) is 4.39 Å². The number of pyridine rings is 1. The molecule has 3 aromatic rings. The van der Waals surface area contributed by atoms with Crippen LogP contribution in [0.25, 0.3) is 10.9 Å². The number of carbonyl (C=O) groups is 1. The molecule has 1 heterocycles. The lowest BCUT2D eigenvalue weighted by atomic mass is 10.0. The molecule has 0 spiro atoms. The van der Waals surface area contributed by atoms with E-state index in [-0.39, 0.29) is 17.2 Å². The average molecular weight is 300 g/mol. The van der Waals surface area contributed by atoms with Gasteiger partial charge in [-0.1, -0.05) is 41.9 Å². The number of rotatable bonds is 3. The van der Waals surface area contributed by atoms with Crippen molar-refractivity contribution in [2.45, 2.75) is 6.42 Å². The molecule has 3 rings (SSSR count). The van der Waals surface area contributed by atoms with Crippen molar-refractivity contribution >= 4 is 28.3 Å². The summed E-state index contributed by atoms with van der Waals surface area (Å²) in [7, 11) is 0. The molecule has 0 N–H and O–H groups in total. The molecule has 0 saturated heterocycles. The highest BCUT2D eigenvalue weighted by molar-refractivity contribution is 6.31. The maximum absolute atomic E-state index is 13.4. The summed E-state index contributed by atoms with van der Waals surface area (Å²) < 4.78 is 13.4. The van der Waals surface area contributed by atoms with Crippen LogP contribution < -0.4 is 0 Å². The maximum Gasteiger partial charge on any atom is 0.169 e. The molecule has 0 atom stereocenters. The number of benzene rings is 2. The number of fused-ring (bicyclic) bond motifs is 1. The fourth-order valence-corrected chi connectivity index (χ4v) is 2.48. The Labute approximate surface area is 126 Å². The number of nitrogens with zero attached hydrogens (tertiary/aromatic N) is 1. The summed E-state index contributed by atoms with van der Waals surface area (Å²) in [6.45, 7) is 0. The summed E-state index contributed by atoms with van der Waals surface area (Å²) in [5, 5.41) is 0.896. The van der Waals surface area contributed by atoms with Crippen LogP contribution in [0.5, 0.6) is 0 Å². The molecular weight excluding hydrogens is 289 g/mol. The van der Waals surface area contributed by atoms with Crippen LogP contribution in [-0.4, -0.2) is 10.8 Å². The maximum atomic E-state index is 13.4. The van der Waals surface area contributed by atoms with E-state index in [1.165, 1.54) is 6.07 Å². The second-order valence-electron chi connectivity index (χ2n) is 4.69. The molecule has 0 saturated carbocycles. The number of hydrogen-bond donors (Lipinski definition) is 0. The van der Waals surface area contributed by atoms with Crippen molar-refractivity contribution in [2.24, 2.45) is 0 Å². The van der Waals surface area contributed by atoms with Crippen LogP contribution in [0, 0.1) is 5.82 Å². The highest BCUT2D eigenvalue weighted by atomic mass is 35.5. The zero-order valence-electron chi connectivity index (χ0n) is 11.0. The van der Waals surface area contributed by atoms with Gasteiger partial charge >= 0.3 is 0 Å². The van der Waals surface area contributed by atoms with E-state index in [2.05, 4.69) is 4.98 Å². The number of halogens is 2. The highest BCUT2D eigenvalue weighted by Gasteiger charge is 2.14. The van der Waals surface area contributed by atoms with Gasteiger partial charge in [0.1, 0.15) is 5.82 Å². The van der Waals surface area contributed by atoms with E-state index in [0.29, 0.717) is 16.6 Å². The minimum absolute atomic E-state index is 0.000883. The van der Waals surface area contributed by atoms with Crippen molar-refractivity contribution in [1.29, 1.82) is 0 Å². The van der Waals surface area contributed by atoms with Gasteiger partial charge < -0.3 is 0 Å². The van der Waals surface area contributed by atoms with E-state index in [4.69, 9.17) is 11.6 Å². The fourth-order valence-electron chi connectivity index (χ4n) is 2.28. The molecular formula is C17H11ClFNO. The Bertz CT molecular complexity index is 827. The standard InChI is InChI=1S/C17H11ClFNO/c18-16-12(5-2-8-14(16)19)10-15(21)13-7-1-4-11-6-3-9-20-17(11)13/h1-9H,10H2. The van der Waals surface area contributed by atoms with Crippen LogP contribution >= 0.6 is 11.6 Å². The van der Waals surface area contributed by atoms with Gasteiger partial charge in [0.2, 0.25) is 0 Å². The second-order valence-corrected chi connectivity index (χ2v) is 5.07. The third kappa shape index (κ3) is 2.65. The van der Waals surface area contributed by atoms with E-state index >= 15 is 0 Å². The third-order valence-corrected chi connectivity index (χ3v) is 3.74. The van der Waals surface area contributed by atoms with Crippen molar-refractivity contribution in [1.82, 2.24) is 4.98 Å². The SMILES string of the molecule is O=C(Cc1cccc(F)c1Cl)c1cccc2cccnc12. The fraction of sp³-hybridized carbons (Fsp3) is 0.0588. The minimum atomic E-state index is -0.516. The Kier molecular flexibility index (Phi) is 3.67. The molecule has 2 aromatic carbocycles. The molecule has 21 heavy (non-hydrogen) atoms. The summed E-state index contributed by atoms with van der Waals surface area (Å²) in [6, 6.07) is 13.6. The van der Waals surface area contributed by atoms with E-state index in [0.717, 1.165) is 5.39 Å². The first-order valence-electron chi connectivity index (χ1n) is 6.46. The largest absolute Gasteiger partial charge is 0.294 e. The van der Waals surface area contributed by atoms with Gasteiger partial charge in [0, 0.05) is 23.6 Å². The zero-order valence-corrected chi connectivity index (χ0v) is 11.8. The molecule has 0 fully saturated rings. The Morgan fingerprint density at radius 3 is 2.71 bits per heavy atom. The van der Waals surface area contributed by atoms with Gasteiger partial charge in [-0.05, 0) is 23.8 Å². The predicted molar refractivity (Wildman–Crippen MR) is 81.2 cm³/mol. The lowest BCUT2D eigenvalue weighted by Gasteiger charge is -2.07. The quantitative estimate of drug-likeness (QED) is 0.669. The Hall–Kier alpha value is -2.26. The average Bonchev–Trinajstić information content (AvgIpc) is 2.51. The molecule has 0 aliphatic rings. The van der Waals surface area contributed by atoms with E-state index in [9.17, 15) is 9.18 Å². The molecule has 104 valence electrons. The lowest BCUT2D eigenvalue weighted by molar-refractivity contribution is 0.0994. The number of Topliss-reactive ketones (excluding diaryl/α,β-unsaturated/α-hetero) is 1. The molecule has 4 heteroatoms. The molecule has 1 aromatic heterocycles. The molecule has 0 unspecified atom stereocenters. The van der Waals surface area contributed by atoms with Crippen molar-refractivity contribution in [3.63, 3.8) is 0 Å². The Morgan fingerprint density at radius 1 is 1.10 bits per heavy atom. The van der Waals surface area contributed by atoms with Crippen LogP contribution in [-0.2, 0) is 6.42 Å². The van der Waals surface area contributed by atoms with E-state index in [1.54, 1.807) is 24.4 Å². The van der Waals surface area contributed by atoms with Gasteiger partial charge in [-0.25, -0.2) is 4.39 Å². The number of para-hydroxylation sites is 1. The molecule has 0 amide bonds. The molecule has 0 bridgehead atoms. The van der Waals surface area contributed by atoms with E-state index in [1.807, 2.05) is 24.3 Å². The smallest absolute Gasteiger partial charge is 0.169 e. The lowest BCUT2D eigenvalue weighted by Crippen LogP contribution is -2.06. The summed E-state index contributed by atoms with van der Waals surface area (Å²) in [4.78, 5) is 16.7.